The molecule has 0 rings (SSSR count). The fourth-order valence-electron chi connectivity index (χ4n) is 6.39. The minimum Gasteiger partial charge on any atom is -0.756 e. The average Bonchev–Trinajstić information content (AvgIpc) is 3.23. The molecular weight excluding hydrogens is 792 g/mol. The Balaban J connectivity index is 4.38. The van der Waals surface area contributed by atoms with Crippen molar-refractivity contribution < 1.29 is 32.9 Å². The molecule has 2 N–H and O–H groups in total. The van der Waals surface area contributed by atoms with Gasteiger partial charge in [-0.2, -0.15) is 0 Å². The van der Waals surface area contributed by atoms with E-state index in [1.54, 1.807) is 6.08 Å². The minimum atomic E-state index is -4.61. The van der Waals surface area contributed by atoms with E-state index in [0.29, 0.717) is 17.4 Å². The van der Waals surface area contributed by atoms with Gasteiger partial charge in [-0.25, -0.2) is 0 Å². The third kappa shape index (κ3) is 45.4. The van der Waals surface area contributed by atoms with Crippen molar-refractivity contribution in [3.8, 4) is 0 Å². The molecule has 0 spiro atoms. The second-order valence-corrected chi connectivity index (χ2v) is 18.8. The van der Waals surface area contributed by atoms with E-state index in [1.165, 1.54) is 64.2 Å². The number of unbranched alkanes of at least 4 members (excludes halogenated alkanes) is 16. The summed E-state index contributed by atoms with van der Waals surface area (Å²) >= 11 is 0. The zero-order chi connectivity index (χ0) is 45.7. The van der Waals surface area contributed by atoms with Gasteiger partial charge in [0.25, 0.3) is 7.82 Å². The molecule has 0 saturated carbocycles. The Morgan fingerprint density at radius 2 is 1.00 bits per heavy atom. The SMILES string of the molecule is CC/C=C\C/C=C\C/C=C\C/C=C\C/C=C\CCCCCCCCCCCC(=O)NC(COP(=O)([O-])OCC[N+](C)(C)C)C(O)/C=C/CC/C=C/CC/C=C/CCCCCCC. The van der Waals surface area contributed by atoms with E-state index in [1.807, 2.05) is 27.2 Å². The maximum atomic E-state index is 12.9. The molecule has 0 radical (unpaired) electrons. The van der Waals surface area contributed by atoms with Gasteiger partial charge in [0.1, 0.15) is 13.2 Å². The lowest BCUT2D eigenvalue weighted by Crippen LogP contribution is -2.45. The Labute approximate surface area is 381 Å². The summed E-state index contributed by atoms with van der Waals surface area (Å²) in [4.78, 5) is 25.4. The number of aliphatic hydroxyl groups excluding tert-OH is 1. The normalized spacial score (nSPS) is 15.0. The molecule has 0 bridgehead atoms. The highest BCUT2D eigenvalue weighted by atomic mass is 31.2. The quantitative estimate of drug-likeness (QED) is 0.0273. The van der Waals surface area contributed by atoms with Crippen LogP contribution in [0.5, 0.6) is 0 Å². The van der Waals surface area contributed by atoms with Crippen LogP contribution in [0, 0.1) is 0 Å². The molecule has 0 aliphatic carbocycles. The van der Waals surface area contributed by atoms with Crippen LogP contribution in [-0.4, -0.2) is 68.5 Å². The van der Waals surface area contributed by atoms with Crippen molar-refractivity contribution in [3.63, 3.8) is 0 Å². The van der Waals surface area contributed by atoms with Crippen molar-refractivity contribution >= 4 is 13.7 Å². The number of rotatable bonds is 43. The van der Waals surface area contributed by atoms with Crippen LogP contribution < -0.4 is 10.2 Å². The second-order valence-electron chi connectivity index (χ2n) is 17.4. The summed E-state index contributed by atoms with van der Waals surface area (Å²) < 4.78 is 23.2. The van der Waals surface area contributed by atoms with Crippen LogP contribution in [0.1, 0.15) is 181 Å². The lowest BCUT2D eigenvalue weighted by Gasteiger charge is -2.29. The number of allylic oxidation sites excluding steroid dienone is 15. The molecule has 3 unspecified atom stereocenters. The van der Waals surface area contributed by atoms with Crippen molar-refractivity contribution in [1.29, 1.82) is 0 Å². The maximum absolute atomic E-state index is 12.9. The molecule has 0 saturated heterocycles. The Morgan fingerprint density at radius 1 is 0.581 bits per heavy atom. The number of carbonyl (C=O) groups is 1. The zero-order valence-corrected chi connectivity index (χ0v) is 41.2. The highest BCUT2D eigenvalue weighted by Gasteiger charge is 2.23. The van der Waals surface area contributed by atoms with Crippen LogP contribution >= 0.6 is 7.82 Å². The van der Waals surface area contributed by atoms with Gasteiger partial charge in [-0.3, -0.25) is 9.36 Å². The van der Waals surface area contributed by atoms with Gasteiger partial charge in [0.15, 0.2) is 0 Å². The lowest BCUT2D eigenvalue weighted by atomic mass is 10.1. The van der Waals surface area contributed by atoms with Crippen molar-refractivity contribution in [1.82, 2.24) is 5.32 Å². The number of nitrogens with zero attached hydrogens (tertiary/aromatic N) is 1. The van der Waals surface area contributed by atoms with Gasteiger partial charge in [0, 0.05) is 6.42 Å². The van der Waals surface area contributed by atoms with Gasteiger partial charge in [-0.15, -0.1) is 0 Å². The van der Waals surface area contributed by atoms with Gasteiger partial charge in [-0.05, 0) is 89.9 Å². The van der Waals surface area contributed by atoms with Crippen molar-refractivity contribution in [2.75, 3.05) is 40.9 Å². The van der Waals surface area contributed by atoms with Crippen LogP contribution in [0.2, 0.25) is 0 Å². The number of carbonyl (C=O) groups excluding carboxylic acids is 1. The summed E-state index contributed by atoms with van der Waals surface area (Å²) in [6.07, 6.45) is 61.7. The number of hydrogen-bond acceptors (Lipinski definition) is 6. The standard InChI is InChI=1S/C53H93N2O6P/c1-6-8-10-12-14-16-18-20-22-23-24-25-26-27-28-29-30-31-33-35-37-39-41-43-45-47-53(57)54-51(50-61-62(58,59)60-49-48-55(3,4)5)52(56)46-44-42-40-38-36-34-32-21-19-17-15-13-11-9-7-2/h8,10,14,16,19-22,24-25,27-28,36,38,44,46,51-52,56H,6-7,9,11-13,15,17-18,23,26,29-35,37,39-43,45,47-50H2,1-5H3,(H-,54,57,58,59)/b10-8-,16-14-,21-19+,22-20-,25-24-,28-27-,38-36+,46-44+. The third-order valence-electron chi connectivity index (χ3n) is 10.3. The molecule has 62 heavy (non-hydrogen) atoms. The fourth-order valence-corrected chi connectivity index (χ4v) is 7.11. The van der Waals surface area contributed by atoms with E-state index in [9.17, 15) is 19.4 Å². The van der Waals surface area contributed by atoms with Gasteiger partial charge in [-0.1, -0.05) is 182 Å². The number of phosphoric acid groups is 1. The van der Waals surface area contributed by atoms with Gasteiger partial charge < -0.3 is 28.8 Å². The summed E-state index contributed by atoms with van der Waals surface area (Å²) in [5, 5.41) is 13.8. The fraction of sp³-hybridized carbons (Fsp3) is 0.679. The van der Waals surface area contributed by atoms with E-state index < -0.39 is 26.6 Å². The van der Waals surface area contributed by atoms with Crippen molar-refractivity contribution in [2.45, 2.75) is 193 Å². The summed E-state index contributed by atoms with van der Waals surface area (Å²) in [6.45, 7) is 4.46. The molecule has 8 nitrogen and oxygen atoms in total. The molecule has 9 heteroatoms. The molecule has 0 fully saturated rings. The van der Waals surface area contributed by atoms with Crippen LogP contribution in [0.4, 0.5) is 0 Å². The Morgan fingerprint density at radius 3 is 1.50 bits per heavy atom. The number of phosphoric ester groups is 1. The summed E-state index contributed by atoms with van der Waals surface area (Å²) in [7, 11) is 1.21. The van der Waals surface area contributed by atoms with Crippen LogP contribution in [-0.2, 0) is 18.4 Å². The molecule has 356 valence electrons. The zero-order valence-electron chi connectivity index (χ0n) is 40.3. The first-order valence-electron chi connectivity index (χ1n) is 24.6. The molecule has 0 aliphatic heterocycles. The summed E-state index contributed by atoms with van der Waals surface area (Å²) in [5.41, 5.74) is 0. The first kappa shape index (κ1) is 59.4. The van der Waals surface area contributed by atoms with E-state index in [-0.39, 0.29) is 12.5 Å². The molecule has 0 aromatic heterocycles. The van der Waals surface area contributed by atoms with Gasteiger partial charge in [0.2, 0.25) is 5.91 Å². The first-order chi connectivity index (χ1) is 30.0. The molecular formula is C53H93N2O6P. The maximum Gasteiger partial charge on any atom is 0.268 e. The van der Waals surface area contributed by atoms with E-state index in [4.69, 9.17) is 9.05 Å². The van der Waals surface area contributed by atoms with Crippen LogP contribution in [0.25, 0.3) is 0 Å². The number of nitrogens with one attached hydrogen (secondary N) is 1. The largest absolute Gasteiger partial charge is 0.756 e. The Hall–Kier alpha value is -2.58. The molecule has 1 amide bonds. The number of likely N-dealkylation sites (N-methyl/N-ethyl adjacent to an activating group) is 1. The number of amides is 1. The summed E-state index contributed by atoms with van der Waals surface area (Å²) in [6, 6.07) is -0.919. The van der Waals surface area contributed by atoms with Crippen LogP contribution in [0.3, 0.4) is 0 Å². The molecule has 0 aromatic carbocycles. The Kier molecular flexibility index (Phi) is 41.8. The lowest BCUT2D eigenvalue weighted by molar-refractivity contribution is -0.870. The van der Waals surface area contributed by atoms with E-state index in [0.717, 1.165) is 96.3 Å². The predicted octanol–water partition coefficient (Wildman–Crippen LogP) is 13.7. The first-order valence-corrected chi connectivity index (χ1v) is 26.1. The van der Waals surface area contributed by atoms with Gasteiger partial charge in [0.05, 0.1) is 39.9 Å². The molecule has 0 aromatic rings. The molecule has 0 aliphatic rings. The van der Waals surface area contributed by atoms with E-state index >= 15 is 0 Å². The summed E-state index contributed by atoms with van der Waals surface area (Å²) in [5.74, 6) is -0.223. The minimum absolute atomic E-state index is 0.0154. The van der Waals surface area contributed by atoms with Crippen molar-refractivity contribution in [2.24, 2.45) is 0 Å². The molecule has 0 heterocycles. The highest BCUT2D eigenvalue weighted by molar-refractivity contribution is 7.45. The van der Waals surface area contributed by atoms with Crippen molar-refractivity contribution in [3.05, 3.63) is 97.2 Å². The third-order valence-corrected chi connectivity index (χ3v) is 11.2. The Bertz CT molecular complexity index is 1330. The number of quaternary nitrogens is 1. The number of hydrogen-bond donors (Lipinski definition) is 2. The second kappa shape index (κ2) is 43.7. The topological polar surface area (TPSA) is 108 Å². The number of aliphatic hydroxyl groups is 1. The smallest absolute Gasteiger partial charge is 0.268 e. The van der Waals surface area contributed by atoms with E-state index in [2.05, 4.69) is 104 Å². The van der Waals surface area contributed by atoms with Gasteiger partial charge >= 0.3 is 0 Å². The highest BCUT2D eigenvalue weighted by Crippen LogP contribution is 2.38. The van der Waals surface area contributed by atoms with Crippen LogP contribution in [0.15, 0.2) is 97.2 Å². The average molecular weight is 885 g/mol. The monoisotopic (exact) mass is 885 g/mol. The molecule has 3 atom stereocenters. The predicted molar refractivity (Wildman–Crippen MR) is 265 cm³/mol.